The second kappa shape index (κ2) is 5.88. The van der Waals surface area contributed by atoms with Crippen LogP contribution >= 0.6 is 0 Å². The Labute approximate surface area is 129 Å². The SMILES string of the molecule is C[C@@H](C(=O)N1CCN(C)CC1)n1cnc2ccccc2c1=O. The van der Waals surface area contributed by atoms with Gasteiger partial charge in [0.1, 0.15) is 6.04 Å². The molecule has 1 fully saturated rings. The average Bonchev–Trinajstić information content (AvgIpc) is 2.55. The zero-order chi connectivity index (χ0) is 15.7. The molecular weight excluding hydrogens is 280 g/mol. The van der Waals surface area contributed by atoms with Crippen LogP contribution in [-0.2, 0) is 4.79 Å². The van der Waals surface area contributed by atoms with E-state index < -0.39 is 6.04 Å². The number of rotatable bonds is 2. The average molecular weight is 300 g/mol. The third-order valence-electron chi connectivity index (χ3n) is 4.28. The van der Waals surface area contributed by atoms with Crippen LogP contribution in [0.3, 0.4) is 0 Å². The van der Waals surface area contributed by atoms with Gasteiger partial charge in [0.15, 0.2) is 0 Å². The van der Waals surface area contributed by atoms with E-state index in [0.29, 0.717) is 24.0 Å². The second-order valence-corrected chi connectivity index (χ2v) is 5.78. The summed E-state index contributed by atoms with van der Waals surface area (Å²) >= 11 is 0. The molecule has 0 unspecified atom stereocenters. The van der Waals surface area contributed by atoms with E-state index in [2.05, 4.69) is 9.88 Å². The first-order chi connectivity index (χ1) is 10.6. The van der Waals surface area contributed by atoms with Crippen LogP contribution in [0.15, 0.2) is 35.4 Å². The minimum Gasteiger partial charge on any atom is -0.338 e. The quantitative estimate of drug-likeness (QED) is 0.820. The van der Waals surface area contributed by atoms with Gasteiger partial charge in [-0.05, 0) is 26.1 Å². The van der Waals surface area contributed by atoms with Crippen molar-refractivity contribution in [3.05, 3.63) is 40.9 Å². The zero-order valence-electron chi connectivity index (χ0n) is 12.9. The van der Waals surface area contributed by atoms with E-state index >= 15 is 0 Å². The maximum atomic E-state index is 12.6. The molecule has 1 aromatic carbocycles. The van der Waals surface area contributed by atoms with Crippen molar-refractivity contribution in [3.63, 3.8) is 0 Å². The van der Waals surface area contributed by atoms with Crippen LogP contribution in [0.5, 0.6) is 0 Å². The summed E-state index contributed by atoms with van der Waals surface area (Å²) in [6.45, 7) is 4.90. The predicted molar refractivity (Wildman–Crippen MR) is 84.8 cm³/mol. The number of benzene rings is 1. The summed E-state index contributed by atoms with van der Waals surface area (Å²) in [5.74, 6) is -0.0210. The number of amides is 1. The summed E-state index contributed by atoms with van der Waals surface area (Å²) in [5.41, 5.74) is 0.489. The van der Waals surface area contributed by atoms with Crippen molar-refractivity contribution < 1.29 is 4.79 Å². The highest BCUT2D eigenvalue weighted by Crippen LogP contribution is 2.12. The Morgan fingerprint density at radius 3 is 2.59 bits per heavy atom. The molecule has 6 heteroatoms. The molecule has 1 atom stereocenters. The highest BCUT2D eigenvalue weighted by Gasteiger charge is 2.25. The molecule has 116 valence electrons. The van der Waals surface area contributed by atoms with Crippen molar-refractivity contribution in [3.8, 4) is 0 Å². The second-order valence-electron chi connectivity index (χ2n) is 5.78. The lowest BCUT2D eigenvalue weighted by Gasteiger charge is -2.34. The molecule has 2 heterocycles. The smallest absolute Gasteiger partial charge is 0.261 e. The van der Waals surface area contributed by atoms with E-state index in [0.717, 1.165) is 13.1 Å². The van der Waals surface area contributed by atoms with Gasteiger partial charge in [0.05, 0.1) is 17.2 Å². The highest BCUT2D eigenvalue weighted by atomic mass is 16.2. The Kier molecular flexibility index (Phi) is 3.94. The largest absolute Gasteiger partial charge is 0.338 e. The van der Waals surface area contributed by atoms with Crippen molar-refractivity contribution in [2.45, 2.75) is 13.0 Å². The number of fused-ring (bicyclic) bond motifs is 1. The van der Waals surface area contributed by atoms with Crippen LogP contribution < -0.4 is 5.56 Å². The van der Waals surface area contributed by atoms with Crippen molar-refractivity contribution >= 4 is 16.8 Å². The summed E-state index contributed by atoms with van der Waals surface area (Å²) in [6.07, 6.45) is 1.48. The molecule has 1 amide bonds. The monoisotopic (exact) mass is 300 g/mol. The molecule has 0 bridgehead atoms. The Hall–Kier alpha value is -2.21. The summed E-state index contributed by atoms with van der Waals surface area (Å²) in [6, 6.07) is 6.66. The van der Waals surface area contributed by atoms with E-state index in [-0.39, 0.29) is 11.5 Å². The zero-order valence-corrected chi connectivity index (χ0v) is 12.9. The predicted octanol–water partition coefficient (Wildman–Crippen LogP) is 0.731. The van der Waals surface area contributed by atoms with Gasteiger partial charge in [0.25, 0.3) is 5.56 Å². The standard InChI is InChI=1S/C16H20N4O2/c1-12(15(21)19-9-7-18(2)8-10-19)20-11-17-14-6-4-3-5-13(14)16(20)22/h3-6,11-12H,7-10H2,1-2H3/t12-/m0/s1. The molecule has 1 aliphatic rings. The van der Waals surface area contributed by atoms with Gasteiger partial charge in [0.2, 0.25) is 5.91 Å². The molecule has 0 N–H and O–H groups in total. The van der Waals surface area contributed by atoms with Crippen LogP contribution in [0.4, 0.5) is 0 Å². The number of hydrogen-bond donors (Lipinski definition) is 0. The van der Waals surface area contributed by atoms with Crippen molar-refractivity contribution in [2.75, 3.05) is 33.2 Å². The lowest BCUT2D eigenvalue weighted by molar-refractivity contribution is -0.135. The normalized spacial score (nSPS) is 17.6. The number of para-hydroxylation sites is 1. The molecule has 0 radical (unpaired) electrons. The summed E-state index contributed by atoms with van der Waals surface area (Å²) < 4.78 is 1.43. The summed E-state index contributed by atoms with van der Waals surface area (Å²) in [4.78, 5) is 33.5. The number of carbonyl (C=O) groups is 1. The number of carbonyl (C=O) groups excluding carboxylic acids is 1. The molecular formula is C16H20N4O2. The highest BCUT2D eigenvalue weighted by molar-refractivity contribution is 5.81. The number of nitrogens with zero attached hydrogens (tertiary/aromatic N) is 4. The van der Waals surface area contributed by atoms with Gasteiger partial charge in [-0.2, -0.15) is 0 Å². The molecule has 6 nitrogen and oxygen atoms in total. The van der Waals surface area contributed by atoms with E-state index in [1.165, 1.54) is 10.9 Å². The van der Waals surface area contributed by atoms with Crippen LogP contribution in [0, 0.1) is 0 Å². The number of piperazine rings is 1. The van der Waals surface area contributed by atoms with Gasteiger partial charge < -0.3 is 9.80 Å². The van der Waals surface area contributed by atoms with Gasteiger partial charge in [-0.15, -0.1) is 0 Å². The fourth-order valence-electron chi connectivity index (χ4n) is 2.77. The van der Waals surface area contributed by atoms with E-state index in [1.54, 1.807) is 19.1 Å². The molecule has 22 heavy (non-hydrogen) atoms. The Morgan fingerprint density at radius 2 is 1.86 bits per heavy atom. The third-order valence-corrected chi connectivity index (χ3v) is 4.28. The summed E-state index contributed by atoms with van der Waals surface area (Å²) in [5, 5.41) is 0.544. The lowest BCUT2D eigenvalue weighted by atomic mass is 10.2. The molecule has 1 saturated heterocycles. The van der Waals surface area contributed by atoms with Crippen LogP contribution in [0.2, 0.25) is 0 Å². The van der Waals surface area contributed by atoms with Gasteiger partial charge in [-0.25, -0.2) is 4.98 Å². The molecule has 0 saturated carbocycles. The Morgan fingerprint density at radius 1 is 1.18 bits per heavy atom. The maximum absolute atomic E-state index is 12.6. The molecule has 0 spiro atoms. The van der Waals surface area contributed by atoms with Crippen molar-refractivity contribution in [1.82, 2.24) is 19.4 Å². The van der Waals surface area contributed by atoms with E-state index in [9.17, 15) is 9.59 Å². The van der Waals surface area contributed by atoms with E-state index in [1.807, 2.05) is 24.1 Å². The topological polar surface area (TPSA) is 58.4 Å². The molecule has 0 aliphatic carbocycles. The van der Waals surface area contributed by atoms with Crippen LogP contribution in [0.1, 0.15) is 13.0 Å². The molecule has 1 aromatic heterocycles. The molecule has 3 rings (SSSR count). The van der Waals surface area contributed by atoms with Gasteiger partial charge in [0, 0.05) is 26.2 Å². The van der Waals surface area contributed by atoms with Crippen molar-refractivity contribution in [2.24, 2.45) is 0 Å². The van der Waals surface area contributed by atoms with Crippen molar-refractivity contribution in [1.29, 1.82) is 0 Å². The number of aromatic nitrogens is 2. The first kappa shape index (κ1) is 14.7. The number of hydrogen-bond acceptors (Lipinski definition) is 4. The Bertz CT molecular complexity index is 747. The van der Waals surface area contributed by atoms with Gasteiger partial charge >= 0.3 is 0 Å². The Balaban J connectivity index is 1.88. The fourth-order valence-corrected chi connectivity index (χ4v) is 2.77. The molecule has 1 aliphatic heterocycles. The minimum atomic E-state index is -0.534. The first-order valence-electron chi connectivity index (χ1n) is 7.51. The van der Waals surface area contributed by atoms with Gasteiger partial charge in [-0.1, -0.05) is 12.1 Å². The third kappa shape index (κ3) is 2.62. The maximum Gasteiger partial charge on any atom is 0.261 e. The van der Waals surface area contributed by atoms with Crippen LogP contribution in [0.25, 0.3) is 10.9 Å². The summed E-state index contributed by atoms with van der Waals surface area (Å²) in [7, 11) is 2.04. The first-order valence-corrected chi connectivity index (χ1v) is 7.51. The van der Waals surface area contributed by atoms with Crippen LogP contribution in [-0.4, -0.2) is 58.5 Å². The molecule has 2 aromatic rings. The van der Waals surface area contributed by atoms with E-state index in [4.69, 9.17) is 0 Å². The number of likely N-dealkylation sites (N-methyl/N-ethyl adjacent to an activating group) is 1. The minimum absolute atomic E-state index is 0.0210. The van der Waals surface area contributed by atoms with Gasteiger partial charge in [-0.3, -0.25) is 14.2 Å². The lowest BCUT2D eigenvalue weighted by Crippen LogP contribution is -2.49. The fraction of sp³-hybridized carbons (Fsp3) is 0.438.